The van der Waals surface area contributed by atoms with Gasteiger partial charge in [-0.05, 0) is 54.7 Å². The molecule has 0 unspecified atom stereocenters. The number of ether oxygens (including phenoxy) is 3. The second kappa shape index (κ2) is 6.93. The maximum atomic E-state index is 5.95. The summed E-state index contributed by atoms with van der Waals surface area (Å²) < 4.78 is 16.3. The van der Waals surface area contributed by atoms with Crippen LogP contribution in [0.4, 0.5) is 5.69 Å². The van der Waals surface area contributed by atoms with E-state index in [-0.39, 0.29) is 6.79 Å². The molecule has 2 aromatic rings. The standard InChI is InChI=1S/C19H21N3O3/c20-19(22-15-5-4-13-2-1-3-14(13)10-15)21-8-9-23-16-6-7-17-18(11-16)25-12-24-17/h4-7,10-11H,1-3,8-9,12H2,(H3,20,21,22). The molecule has 1 aliphatic carbocycles. The zero-order valence-electron chi connectivity index (χ0n) is 14.0. The summed E-state index contributed by atoms with van der Waals surface area (Å²) in [5.74, 6) is 2.57. The molecular weight excluding hydrogens is 318 g/mol. The third-order valence-electron chi connectivity index (χ3n) is 4.36. The molecule has 0 radical (unpaired) electrons. The van der Waals surface area contributed by atoms with E-state index in [0.29, 0.717) is 24.9 Å². The number of nitrogens with two attached hydrogens (primary N) is 1. The summed E-state index contributed by atoms with van der Waals surface area (Å²) in [6.45, 7) is 1.17. The van der Waals surface area contributed by atoms with Gasteiger partial charge in [0.05, 0.1) is 6.54 Å². The first-order valence-electron chi connectivity index (χ1n) is 8.49. The fraction of sp³-hybridized carbons (Fsp3) is 0.316. The quantitative estimate of drug-likeness (QED) is 0.497. The van der Waals surface area contributed by atoms with E-state index >= 15 is 0 Å². The number of hydrogen-bond donors (Lipinski definition) is 2. The lowest BCUT2D eigenvalue weighted by Crippen LogP contribution is -2.23. The average Bonchev–Trinajstić information content (AvgIpc) is 3.26. The Bertz CT molecular complexity index is 804. The van der Waals surface area contributed by atoms with Gasteiger partial charge in [-0.25, -0.2) is 4.99 Å². The first kappa shape index (κ1) is 15.6. The maximum Gasteiger partial charge on any atom is 0.231 e. The Morgan fingerprint density at radius 3 is 2.92 bits per heavy atom. The number of rotatable bonds is 5. The third-order valence-corrected chi connectivity index (χ3v) is 4.36. The molecule has 0 saturated heterocycles. The molecule has 4 rings (SSSR count). The molecule has 2 aliphatic rings. The minimum Gasteiger partial charge on any atom is -0.492 e. The van der Waals surface area contributed by atoms with Crippen molar-refractivity contribution >= 4 is 11.6 Å². The van der Waals surface area contributed by atoms with Gasteiger partial charge >= 0.3 is 0 Å². The lowest BCUT2D eigenvalue weighted by Gasteiger charge is -2.08. The summed E-state index contributed by atoms with van der Waals surface area (Å²) in [6.07, 6.45) is 3.56. The van der Waals surface area contributed by atoms with Crippen LogP contribution in [0.25, 0.3) is 0 Å². The Kier molecular flexibility index (Phi) is 4.33. The van der Waals surface area contributed by atoms with Crippen LogP contribution in [0, 0.1) is 0 Å². The SMILES string of the molecule is NC(=NCCOc1ccc2c(c1)OCO2)Nc1ccc2c(c1)CCC2. The summed E-state index contributed by atoms with van der Waals surface area (Å²) >= 11 is 0. The van der Waals surface area contributed by atoms with Gasteiger partial charge in [0.2, 0.25) is 6.79 Å². The minimum atomic E-state index is 0.258. The Morgan fingerprint density at radius 2 is 1.96 bits per heavy atom. The average molecular weight is 339 g/mol. The Morgan fingerprint density at radius 1 is 1.08 bits per heavy atom. The van der Waals surface area contributed by atoms with Crippen LogP contribution < -0.4 is 25.3 Å². The van der Waals surface area contributed by atoms with Crippen molar-refractivity contribution in [2.24, 2.45) is 10.7 Å². The van der Waals surface area contributed by atoms with Crippen LogP contribution in [-0.4, -0.2) is 25.9 Å². The summed E-state index contributed by atoms with van der Waals surface area (Å²) in [5.41, 5.74) is 9.78. The van der Waals surface area contributed by atoms with E-state index in [1.807, 2.05) is 18.2 Å². The van der Waals surface area contributed by atoms with E-state index in [0.717, 1.165) is 23.6 Å². The number of aryl methyl sites for hydroxylation is 2. The summed E-state index contributed by atoms with van der Waals surface area (Å²) in [5, 5.41) is 3.14. The van der Waals surface area contributed by atoms with Crippen molar-refractivity contribution in [2.45, 2.75) is 19.3 Å². The highest BCUT2D eigenvalue weighted by atomic mass is 16.7. The van der Waals surface area contributed by atoms with Crippen LogP contribution in [0.3, 0.4) is 0 Å². The first-order chi connectivity index (χ1) is 12.3. The predicted molar refractivity (Wildman–Crippen MR) is 96.6 cm³/mol. The fourth-order valence-corrected chi connectivity index (χ4v) is 3.13. The van der Waals surface area contributed by atoms with Crippen LogP contribution in [-0.2, 0) is 12.8 Å². The van der Waals surface area contributed by atoms with Crippen molar-refractivity contribution in [3.8, 4) is 17.2 Å². The zero-order chi connectivity index (χ0) is 17.1. The molecule has 3 N–H and O–H groups in total. The van der Waals surface area contributed by atoms with Gasteiger partial charge in [0.25, 0.3) is 0 Å². The molecule has 1 aliphatic heterocycles. The third kappa shape index (κ3) is 3.63. The highest BCUT2D eigenvalue weighted by Gasteiger charge is 2.13. The van der Waals surface area contributed by atoms with Crippen LogP contribution >= 0.6 is 0 Å². The van der Waals surface area contributed by atoms with Gasteiger partial charge in [-0.3, -0.25) is 0 Å². The van der Waals surface area contributed by atoms with Crippen molar-refractivity contribution in [1.82, 2.24) is 0 Å². The molecule has 0 saturated carbocycles. The van der Waals surface area contributed by atoms with Crippen molar-refractivity contribution in [3.63, 3.8) is 0 Å². The largest absolute Gasteiger partial charge is 0.492 e. The molecule has 25 heavy (non-hydrogen) atoms. The molecular formula is C19H21N3O3. The molecule has 130 valence electrons. The first-order valence-corrected chi connectivity index (χ1v) is 8.49. The number of fused-ring (bicyclic) bond motifs is 2. The number of nitrogens with one attached hydrogen (secondary N) is 1. The zero-order valence-corrected chi connectivity index (χ0v) is 14.0. The molecule has 2 aromatic carbocycles. The van der Waals surface area contributed by atoms with Gasteiger partial charge in [-0.2, -0.15) is 0 Å². The van der Waals surface area contributed by atoms with E-state index in [2.05, 4.69) is 28.5 Å². The lowest BCUT2D eigenvalue weighted by molar-refractivity contribution is 0.174. The number of anilines is 1. The maximum absolute atomic E-state index is 5.95. The monoisotopic (exact) mass is 339 g/mol. The van der Waals surface area contributed by atoms with Crippen LogP contribution in [0.1, 0.15) is 17.5 Å². The second-order valence-electron chi connectivity index (χ2n) is 6.09. The molecule has 0 bridgehead atoms. The topological polar surface area (TPSA) is 78.1 Å². The highest BCUT2D eigenvalue weighted by molar-refractivity contribution is 5.92. The van der Waals surface area contributed by atoms with Crippen LogP contribution in [0.2, 0.25) is 0 Å². The summed E-state index contributed by atoms with van der Waals surface area (Å²) in [6, 6.07) is 11.9. The molecule has 0 fully saturated rings. The van der Waals surface area contributed by atoms with Crippen molar-refractivity contribution in [2.75, 3.05) is 25.3 Å². The molecule has 6 heteroatoms. The van der Waals surface area contributed by atoms with Crippen LogP contribution in [0.5, 0.6) is 17.2 Å². The highest BCUT2D eigenvalue weighted by Crippen LogP contribution is 2.35. The van der Waals surface area contributed by atoms with E-state index in [1.54, 1.807) is 0 Å². The summed E-state index contributed by atoms with van der Waals surface area (Å²) in [4.78, 5) is 4.30. The van der Waals surface area contributed by atoms with E-state index in [1.165, 1.54) is 24.0 Å². The van der Waals surface area contributed by atoms with Crippen LogP contribution in [0.15, 0.2) is 41.4 Å². The Labute approximate surface area is 146 Å². The number of guanidine groups is 1. The van der Waals surface area contributed by atoms with E-state index in [4.69, 9.17) is 19.9 Å². The Hall–Kier alpha value is -2.89. The molecule has 0 spiro atoms. The Balaban J connectivity index is 1.27. The van der Waals surface area contributed by atoms with Gasteiger partial charge in [-0.1, -0.05) is 6.07 Å². The smallest absolute Gasteiger partial charge is 0.231 e. The number of nitrogens with zero attached hydrogens (tertiary/aromatic N) is 1. The van der Waals surface area contributed by atoms with Crippen molar-refractivity contribution in [1.29, 1.82) is 0 Å². The van der Waals surface area contributed by atoms with E-state index in [9.17, 15) is 0 Å². The van der Waals surface area contributed by atoms with Gasteiger partial charge in [0, 0.05) is 11.8 Å². The molecule has 0 atom stereocenters. The normalized spacial score (nSPS) is 15.1. The molecule has 0 amide bonds. The number of benzene rings is 2. The molecule has 6 nitrogen and oxygen atoms in total. The van der Waals surface area contributed by atoms with Gasteiger partial charge in [0.15, 0.2) is 17.5 Å². The fourth-order valence-electron chi connectivity index (χ4n) is 3.13. The number of hydrogen-bond acceptors (Lipinski definition) is 4. The van der Waals surface area contributed by atoms with Gasteiger partial charge in [0.1, 0.15) is 12.4 Å². The number of aliphatic imine (C=N–C) groups is 1. The predicted octanol–water partition coefficient (Wildman–Crippen LogP) is 2.71. The molecule has 0 aromatic heterocycles. The lowest BCUT2D eigenvalue weighted by atomic mass is 10.1. The molecule has 1 heterocycles. The van der Waals surface area contributed by atoms with Crippen molar-refractivity contribution < 1.29 is 14.2 Å². The summed E-state index contributed by atoms with van der Waals surface area (Å²) in [7, 11) is 0. The van der Waals surface area contributed by atoms with E-state index < -0.39 is 0 Å². The van der Waals surface area contributed by atoms with Crippen molar-refractivity contribution in [3.05, 3.63) is 47.5 Å². The second-order valence-corrected chi connectivity index (χ2v) is 6.09. The van der Waals surface area contributed by atoms with Gasteiger partial charge < -0.3 is 25.3 Å². The van der Waals surface area contributed by atoms with Gasteiger partial charge in [-0.15, -0.1) is 0 Å². The minimum absolute atomic E-state index is 0.258.